The Hall–Kier alpha value is -1.12. The summed E-state index contributed by atoms with van der Waals surface area (Å²) in [5.74, 6) is 0.815. The highest BCUT2D eigenvalue weighted by Gasteiger charge is 2.09. The van der Waals surface area contributed by atoms with Crippen LogP contribution in [0.3, 0.4) is 0 Å². The lowest BCUT2D eigenvalue weighted by Gasteiger charge is -2.24. The number of piperidine rings is 1. The Morgan fingerprint density at radius 2 is 1.78 bits per heavy atom. The van der Waals surface area contributed by atoms with E-state index in [2.05, 4.69) is 68.1 Å². The first-order valence-corrected chi connectivity index (χ1v) is 9.18. The molecule has 1 saturated heterocycles. The van der Waals surface area contributed by atoms with Gasteiger partial charge in [-0.2, -0.15) is 0 Å². The third kappa shape index (κ3) is 6.88. The Labute approximate surface area is 143 Å². The van der Waals surface area contributed by atoms with Crippen molar-refractivity contribution in [2.75, 3.05) is 33.7 Å². The van der Waals surface area contributed by atoms with Crippen molar-refractivity contribution in [3.8, 4) is 0 Å². The first-order chi connectivity index (χ1) is 11.0. The third-order valence-corrected chi connectivity index (χ3v) is 4.75. The lowest BCUT2D eigenvalue weighted by molar-refractivity contribution is 0.310. The lowest BCUT2D eigenvalue weighted by atomic mass is 10.0. The largest absolute Gasteiger partial charge is 0.306 e. The fourth-order valence-electron chi connectivity index (χ4n) is 3.17. The van der Waals surface area contributed by atoms with Crippen LogP contribution in [0, 0.1) is 5.92 Å². The molecule has 0 N–H and O–H groups in total. The van der Waals surface area contributed by atoms with Crippen molar-refractivity contribution in [1.82, 2.24) is 9.80 Å². The Bertz CT molecular complexity index is 477. The number of hydrogen-bond donors (Lipinski definition) is 0. The molecule has 1 aromatic rings. The molecule has 128 valence electrons. The molecular formula is C21H34N2. The summed E-state index contributed by atoms with van der Waals surface area (Å²) < 4.78 is 0. The minimum absolute atomic E-state index is 0.815. The summed E-state index contributed by atoms with van der Waals surface area (Å²) in [6, 6.07) is 9.14. The molecule has 0 atom stereocenters. The van der Waals surface area contributed by atoms with Gasteiger partial charge in [-0.15, -0.1) is 0 Å². The summed E-state index contributed by atoms with van der Waals surface area (Å²) in [5, 5.41) is 0. The highest BCUT2D eigenvalue weighted by atomic mass is 15.1. The van der Waals surface area contributed by atoms with Gasteiger partial charge in [-0.1, -0.05) is 49.8 Å². The van der Waals surface area contributed by atoms with Gasteiger partial charge in [-0.05, 0) is 63.4 Å². The second-order valence-corrected chi connectivity index (χ2v) is 7.62. The minimum Gasteiger partial charge on any atom is -0.306 e. The van der Waals surface area contributed by atoms with Gasteiger partial charge in [-0.25, -0.2) is 0 Å². The molecule has 2 rings (SSSR count). The number of nitrogens with zero attached hydrogens (tertiary/aromatic N) is 2. The predicted molar refractivity (Wildman–Crippen MR) is 102 cm³/mol. The van der Waals surface area contributed by atoms with Crippen LogP contribution in [0.25, 0.3) is 6.08 Å². The van der Waals surface area contributed by atoms with Gasteiger partial charge < -0.3 is 9.80 Å². The van der Waals surface area contributed by atoms with Crippen LogP contribution in [0.15, 0.2) is 29.8 Å². The fraction of sp³-hybridized carbons (Fsp3) is 0.619. The molecule has 0 spiro atoms. The zero-order valence-corrected chi connectivity index (χ0v) is 15.5. The third-order valence-electron chi connectivity index (χ3n) is 4.75. The molecular weight excluding hydrogens is 280 g/mol. The molecule has 2 nitrogen and oxygen atoms in total. The molecule has 1 aliphatic heterocycles. The van der Waals surface area contributed by atoms with Crippen molar-refractivity contribution in [3.63, 3.8) is 0 Å². The zero-order valence-electron chi connectivity index (χ0n) is 15.5. The monoisotopic (exact) mass is 314 g/mol. The molecule has 0 aliphatic carbocycles. The van der Waals surface area contributed by atoms with E-state index in [4.69, 9.17) is 0 Å². The van der Waals surface area contributed by atoms with Crippen LogP contribution in [0.2, 0.25) is 0 Å². The summed E-state index contributed by atoms with van der Waals surface area (Å²) in [5.41, 5.74) is 4.37. The van der Waals surface area contributed by atoms with Crippen molar-refractivity contribution in [1.29, 1.82) is 0 Å². The highest BCUT2D eigenvalue weighted by Crippen LogP contribution is 2.19. The van der Waals surface area contributed by atoms with Gasteiger partial charge in [0.15, 0.2) is 0 Å². The van der Waals surface area contributed by atoms with Gasteiger partial charge in [0.2, 0.25) is 0 Å². The molecule has 1 aliphatic rings. The minimum atomic E-state index is 0.815. The fourth-order valence-corrected chi connectivity index (χ4v) is 3.17. The molecule has 0 unspecified atom stereocenters. The van der Waals surface area contributed by atoms with Gasteiger partial charge in [-0.3, -0.25) is 0 Å². The van der Waals surface area contributed by atoms with E-state index < -0.39 is 0 Å². The normalized spacial score (nSPS) is 16.3. The maximum atomic E-state index is 2.44. The zero-order chi connectivity index (χ0) is 16.7. The van der Waals surface area contributed by atoms with Crippen LogP contribution in [-0.4, -0.2) is 43.5 Å². The Morgan fingerprint density at radius 3 is 2.39 bits per heavy atom. The molecule has 0 saturated carbocycles. The molecule has 1 aromatic carbocycles. The average Bonchev–Trinajstić information content (AvgIpc) is 2.51. The molecule has 1 heterocycles. The quantitative estimate of drug-likeness (QED) is 0.722. The van der Waals surface area contributed by atoms with E-state index in [1.807, 2.05) is 0 Å². The summed E-state index contributed by atoms with van der Waals surface area (Å²) in [4.78, 5) is 4.85. The first kappa shape index (κ1) is 18.2. The molecule has 0 radical (unpaired) electrons. The molecule has 0 bridgehead atoms. The average molecular weight is 315 g/mol. The van der Waals surface area contributed by atoms with Crippen molar-refractivity contribution in [3.05, 3.63) is 41.0 Å². The van der Waals surface area contributed by atoms with Crippen LogP contribution in [0.1, 0.15) is 50.7 Å². The molecule has 1 fully saturated rings. The van der Waals surface area contributed by atoms with E-state index in [1.54, 1.807) is 5.57 Å². The van der Waals surface area contributed by atoms with Crippen LogP contribution < -0.4 is 0 Å². The van der Waals surface area contributed by atoms with Crippen LogP contribution in [0.5, 0.6) is 0 Å². The molecule has 2 heteroatoms. The first-order valence-electron chi connectivity index (χ1n) is 9.18. The summed E-state index contributed by atoms with van der Waals surface area (Å²) in [7, 11) is 4.44. The van der Waals surface area contributed by atoms with Gasteiger partial charge >= 0.3 is 0 Å². The lowest BCUT2D eigenvalue weighted by Crippen LogP contribution is -2.26. The van der Waals surface area contributed by atoms with Gasteiger partial charge in [0.25, 0.3) is 0 Å². The van der Waals surface area contributed by atoms with Gasteiger partial charge in [0.1, 0.15) is 0 Å². The Balaban J connectivity index is 1.81. The molecule has 0 aromatic heterocycles. The Morgan fingerprint density at radius 1 is 1.13 bits per heavy atom. The predicted octanol–water partition coefficient (Wildman–Crippen LogP) is 4.66. The van der Waals surface area contributed by atoms with E-state index in [1.165, 1.54) is 56.4 Å². The van der Waals surface area contributed by atoms with E-state index >= 15 is 0 Å². The summed E-state index contributed by atoms with van der Waals surface area (Å²) in [6.07, 6.45) is 7.45. The molecule has 23 heavy (non-hydrogen) atoms. The van der Waals surface area contributed by atoms with E-state index in [9.17, 15) is 0 Å². The van der Waals surface area contributed by atoms with E-state index in [0.717, 1.165) is 12.5 Å². The summed E-state index contributed by atoms with van der Waals surface area (Å²) >= 11 is 0. The standard InChI is InChI=1S/C21H34N2/c1-18(2)6-5-13-23(4)17-21-9-7-19(8-10-21)16-20-11-14-22(3)15-12-20/h7-10,16,18H,5-6,11-15,17H2,1-4H3. The molecule has 0 amide bonds. The summed E-state index contributed by atoms with van der Waals surface area (Å²) in [6.45, 7) is 9.25. The number of hydrogen-bond acceptors (Lipinski definition) is 2. The van der Waals surface area contributed by atoms with Crippen molar-refractivity contribution in [2.45, 2.75) is 46.1 Å². The highest BCUT2D eigenvalue weighted by molar-refractivity contribution is 5.53. The Kier molecular flexibility index (Phi) is 7.32. The SMILES string of the molecule is CC(C)CCCN(C)Cc1ccc(C=C2CCN(C)CC2)cc1. The smallest absolute Gasteiger partial charge is 0.0230 e. The van der Waals surface area contributed by atoms with E-state index in [0.29, 0.717) is 0 Å². The maximum Gasteiger partial charge on any atom is 0.0230 e. The van der Waals surface area contributed by atoms with Crippen molar-refractivity contribution >= 4 is 6.08 Å². The second kappa shape index (κ2) is 9.24. The van der Waals surface area contributed by atoms with Crippen LogP contribution in [0.4, 0.5) is 0 Å². The second-order valence-electron chi connectivity index (χ2n) is 7.62. The van der Waals surface area contributed by atoms with Crippen molar-refractivity contribution in [2.24, 2.45) is 5.92 Å². The number of likely N-dealkylation sites (tertiary alicyclic amines) is 1. The number of benzene rings is 1. The van der Waals surface area contributed by atoms with Gasteiger partial charge in [0, 0.05) is 19.6 Å². The van der Waals surface area contributed by atoms with Crippen molar-refractivity contribution < 1.29 is 0 Å². The van der Waals surface area contributed by atoms with E-state index in [-0.39, 0.29) is 0 Å². The number of rotatable bonds is 7. The van der Waals surface area contributed by atoms with Crippen LogP contribution >= 0.6 is 0 Å². The topological polar surface area (TPSA) is 6.48 Å². The maximum absolute atomic E-state index is 2.44. The van der Waals surface area contributed by atoms with Crippen LogP contribution in [-0.2, 0) is 6.54 Å². The van der Waals surface area contributed by atoms with Gasteiger partial charge in [0.05, 0.1) is 0 Å².